The molecule has 1 unspecified atom stereocenters. The van der Waals surface area contributed by atoms with Gasteiger partial charge in [0, 0.05) is 6.54 Å². The van der Waals surface area contributed by atoms with Crippen molar-refractivity contribution in [3.05, 3.63) is 0 Å². The lowest BCUT2D eigenvalue weighted by molar-refractivity contribution is -0.236. The van der Waals surface area contributed by atoms with Gasteiger partial charge in [-0.25, -0.2) is 5.06 Å². The number of nitrogens with zero attached hydrogens (tertiary/aromatic N) is 1. The predicted octanol–water partition coefficient (Wildman–Crippen LogP) is 0.825. The lowest BCUT2D eigenvalue weighted by atomic mass is 9.78. The number of rotatable bonds is 1. The fourth-order valence-corrected chi connectivity index (χ4v) is 2.80. The van der Waals surface area contributed by atoms with Crippen molar-refractivity contribution < 1.29 is 9.63 Å². The average molecular weight is 210 g/mol. The Morgan fingerprint density at radius 2 is 2.27 bits per heavy atom. The molecule has 4 heteroatoms. The summed E-state index contributed by atoms with van der Waals surface area (Å²) in [5.41, 5.74) is -0.0888. The summed E-state index contributed by atoms with van der Waals surface area (Å²) in [6, 6.07) is 0.270. The number of carbonyl (C=O) groups is 1. The van der Waals surface area contributed by atoms with Gasteiger partial charge in [0.25, 0.3) is 0 Å². The SMILES string of the molecule is O=C1CC2(CCC2)ON1C1CCCNC1. The molecule has 3 aliphatic rings. The van der Waals surface area contributed by atoms with Crippen LogP contribution in [0.25, 0.3) is 0 Å². The van der Waals surface area contributed by atoms with Crippen LogP contribution >= 0.6 is 0 Å². The van der Waals surface area contributed by atoms with E-state index in [9.17, 15) is 4.79 Å². The molecular weight excluding hydrogens is 192 g/mol. The highest BCUT2D eigenvalue weighted by Crippen LogP contribution is 2.44. The largest absolute Gasteiger partial charge is 0.315 e. The molecule has 0 aromatic rings. The maximum Gasteiger partial charge on any atom is 0.249 e. The van der Waals surface area contributed by atoms with Gasteiger partial charge in [0.15, 0.2) is 0 Å². The number of carbonyl (C=O) groups excluding carboxylic acids is 1. The summed E-state index contributed by atoms with van der Waals surface area (Å²) in [5, 5.41) is 4.99. The first-order valence-corrected chi connectivity index (χ1v) is 6.01. The zero-order valence-corrected chi connectivity index (χ0v) is 9.00. The average Bonchev–Trinajstić information content (AvgIpc) is 2.57. The molecule has 2 saturated heterocycles. The molecule has 2 aliphatic heterocycles. The highest BCUT2D eigenvalue weighted by Gasteiger charge is 2.50. The van der Waals surface area contributed by atoms with Crippen LogP contribution in [0.3, 0.4) is 0 Å². The van der Waals surface area contributed by atoms with Crippen LogP contribution in [0.2, 0.25) is 0 Å². The molecule has 0 aromatic carbocycles. The molecule has 15 heavy (non-hydrogen) atoms. The van der Waals surface area contributed by atoms with E-state index in [1.54, 1.807) is 5.06 Å². The van der Waals surface area contributed by atoms with Crippen LogP contribution < -0.4 is 5.32 Å². The summed E-state index contributed by atoms with van der Waals surface area (Å²) in [5.74, 6) is 0.198. The molecule has 1 aliphatic carbocycles. The highest BCUT2D eigenvalue weighted by molar-refractivity contribution is 5.78. The molecule has 2 heterocycles. The maximum absolute atomic E-state index is 11.9. The minimum atomic E-state index is -0.0888. The van der Waals surface area contributed by atoms with Gasteiger partial charge in [0.05, 0.1) is 12.5 Å². The minimum Gasteiger partial charge on any atom is -0.315 e. The van der Waals surface area contributed by atoms with E-state index in [-0.39, 0.29) is 17.6 Å². The molecule has 0 aromatic heterocycles. The number of nitrogens with one attached hydrogen (secondary N) is 1. The quantitative estimate of drug-likeness (QED) is 0.697. The van der Waals surface area contributed by atoms with Gasteiger partial charge < -0.3 is 5.32 Å². The van der Waals surface area contributed by atoms with Crippen molar-refractivity contribution in [3.63, 3.8) is 0 Å². The lowest BCUT2D eigenvalue weighted by Crippen LogP contribution is -2.47. The van der Waals surface area contributed by atoms with Crippen LogP contribution in [0.15, 0.2) is 0 Å². The third kappa shape index (κ3) is 1.56. The Morgan fingerprint density at radius 1 is 1.40 bits per heavy atom. The second-order valence-corrected chi connectivity index (χ2v) is 5.02. The zero-order valence-electron chi connectivity index (χ0n) is 9.00. The van der Waals surface area contributed by atoms with Gasteiger partial charge in [0.2, 0.25) is 5.91 Å². The number of hydroxylamine groups is 2. The smallest absolute Gasteiger partial charge is 0.249 e. The van der Waals surface area contributed by atoms with Crippen LogP contribution in [-0.4, -0.2) is 35.7 Å². The Hall–Kier alpha value is -0.610. The summed E-state index contributed by atoms with van der Waals surface area (Å²) < 4.78 is 0. The first kappa shape index (κ1) is 9.60. The molecule has 1 N–H and O–H groups in total. The molecular formula is C11H18N2O2. The molecule has 1 atom stereocenters. The first-order valence-electron chi connectivity index (χ1n) is 6.01. The summed E-state index contributed by atoms with van der Waals surface area (Å²) >= 11 is 0. The van der Waals surface area contributed by atoms with Crippen molar-refractivity contribution >= 4 is 5.91 Å². The second-order valence-electron chi connectivity index (χ2n) is 5.02. The summed E-state index contributed by atoms with van der Waals surface area (Å²) in [7, 11) is 0. The summed E-state index contributed by atoms with van der Waals surface area (Å²) in [4.78, 5) is 17.7. The summed E-state index contributed by atoms with van der Waals surface area (Å²) in [6.45, 7) is 1.96. The van der Waals surface area contributed by atoms with Gasteiger partial charge in [-0.3, -0.25) is 9.63 Å². The van der Waals surface area contributed by atoms with Crippen LogP contribution in [0.1, 0.15) is 38.5 Å². The third-order valence-corrected chi connectivity index (χ3v) is 3.88. The van der Waals surface area contributed by atoms with Crippen LogP contribution in [0.5, 0.6) is 0 Å². The van der Waals surface area contributed by atoms with E-state index >= 15 is 0 Å². The fourth-order valence-electron chi connectivity index (χ4n) is 2.80. The van der Waals surface area contributed by atoms with Gasteiger partial charge in [-0.05, 0) is 38.6 Å². The monoisotopic (exact) mass is 210 g/mol. The van der Waals surface area contributed by atoms with Gasteiger partial charge in [-0.15, -0.1) is 0 Å². The predicted molar refractivity (Wildman–Crippen MR) is 55.0 cm³/mol. The highest BCUT2D eigenvalue weighted by atomic mass is 16.7. The van der Waals surface area contributed by atoms with Gasteiger partial charge in [-0.2, -0.15) is 0 Å². The molecule has 3 fully saturated rings. The van der Waals surface area contributed by atoms with E-state index in [1.165, 1.54) is 6.42 Å². The third-order valence-electron chi connectivity index (χ3n) is 3.88. The molecule has 1 amide bonds. The lowest BCUT2D eigenvalue weighted by Gasteiger charge is -2.38. The molecule has 1 saturated carbocycles. The van der Waals surface area contributed by atoms with E-state index < -0.39 is 0 Å². The topological polar surface area (TPSA) is 41.6 Å². The Morgan fingerprint density at radius 3 is 2.80 bits per heavy atom. The normalized spacial score (nSPS) is 34.5. The van der Waals surface area contributed by atoms with Crippen molar-refractivity contribution in [2.45, 2.75) is 50.2 Å². The minimum absolute atomic E-state index is 0.0888. The number of amides is 1. The first-order chi connectivity index (χ1) is 7.29. The van der Waals surface area contributed by atoms with E-state index in [0.29, 0.717) is 6.42 Å². The second kappa shape index (κ2) is 3.46. The van der Waals surface area contributed by atoms with Crippen LogP contribution in [0.4, 0.5) is 0 Å². The Balaban J connectivity index is 1.68. The zero-order chi connectivity index (χ0) is 10.3. The molecule has 0 bridgehead atoms. The van der Waals surface area contributed by atoms with Crippen molar-refractivity contribution in [1.29, 1.82) is 0 Å². The number of hydrogen-bond donors (Lipinski definition) is 1. The van der Waals surface area contributed by atoms with E-state index in [4.69, 9.17) is 4.84 Å². The van der Waals surface area contributed by atoms with Crippen LogP contribution in [0, 0.1) is 0 Å². The molecule has 84 valence electrons. The molecule has 4 nitrogen and oxygen atoms in total. The Labute approximate surface area is 89.9 Å². The fraction of sp³-hybridized carbons (Fsp3) is 0.909. The molecule has 0 radical (unpaired) electrons. The standard InChI is InChI=1S/C11H18N2O2/c14-10-7-11(4-2-5-11)15-13(10)9-3-1-6-12-8-9/h9,12H,1-8H2. The van der Waals surface area contributed by atoms with E-state index in [0.717, 1.165) is 38.8 Å². The van der Waals surface area contributed by atoms with Crippen molar-refractivity contribution in [3.8, 4) is 0 Å². The van der Waals surface area contributed by atoms with Gasteiger partial charge in [0.1, 0.15) is 5.60 Å². The van der Waals surface area contributed by atoms with Crippen molar-refractivity contribution in [1.82, 2.24) is 10.4 Å². The Kier molecular flexibility index (Phi) is 2.21. The Bertz CT molecular complexity index is 270. The summed E-state index contributed by atoms with van der Waals surface area (Å²) in [6.07, 6.45) is 6.18. The number of piperidine rings is 1. The number of hydrogen-bond acceptors (Lipinski definition) is 3. The van der Waals surface area contributed by atoms with Crippen molar-refractivity contribution in [2.75, 3.05) is 13.1 Å². The molecule has 1 spiro atoms. The maximum atomic E-state index is 11.9. The van der Waals surface area contributed by atoms with Crippen LogP contribution in [-0.2, 0) is 9.63 Å². The van der Waals surface area contributed by atoms with Gasteiger partial charge >= 0.3 is 0 Å². The van der Waals surface area contributed by atoms with Gasteiger partial charge in [-0.1, -0.05) is 0 Å². The van der Waals surface area contributed by atoms with Crippen molar-refractivity contribution in [2.24, 2.45) is 0 Å². The molecule has 3 rings (SSSR count). The van der Waals surface area contributed by atoms with E-state index in [1.807, 2.05) is 0 Å². The van der Waals surface area contributed by atoms with E-state index in [2.05, 4.69) is 5.32 Å².